The molecule has 0 saturated heterocycles. The molecule has 0 bridgehead atoms. The minimum Gasteiger partial charge on any atom is -0.365 e. The first kappa shape index (κ1) is 15.5. The molecular formula is C5H11NO7S. The topological polar surface area (TPSA) is 158 Å². The first-order valence-corrected chi connectivity index (χ1v) is 4.46. The highest BCUT2D eigenvalue weighted by atomic mass is 32.3. The molecule has 9 heteroatoms. The van der Waals surface area contributed by atoms with Crippen molar-refractivity contribution in [3.8, 4) is 0 Å². The number of aliphatic hydroxyl groups is 2. The molecule has 6 N–H and O–H groups in total. The van der Waals surface area contributed by atoms with Gasteiger partial charge in [0.15, 0.2) is 0 Å². The summed E-state index contributed by atoms with van der Waals surface area (Å²) in [5, 5.41) is 17.2. The second-order valence-electron chi connectivity index (χ2n) is 2.12. The van der Waals surface area contributed by atoms with Gasteiger partial charge < -0.3 is 15.9 Å². The predicted molar refractivity (Wildman–Crippen MR) is 45.4 cm³/mol. The van der Waals surface area contributed by atoms with E-state index in [1.807, 2.05) is 0 Å². The van der Waals surface area contributed by atoms with E-state index in [1.54, 1.807) is 0 Å². The quantitative estimate of drug-likeness (QED) is 0.214. The standard InChI is InChI=1S/C5H9NO3.H2O4S/c1-2-3-5(8,9)4(6)7;1-5(2,3)4/h2,8-9H,1,3H2,(H2,6,7);(H2,1,2,3,4). The lowest BCUT2D eigenvalue weighted by molar-refractivity contribution is -0.180. The van der Waals surface area contributed by atoms with Gasteiger partial charge in [-0.25, -0.2) is 0 Å². The Balaban J connectivity index is 0. The number of hydrogen-bond acceptors (Lipinski definition) is 5. The summed E-state index contributed by atoms with van der Waals surface area (Å²) in [7, 11) is -4.67. The monoisotopic (exact) mass is 229 g/mol. The molecule has 0 heterocycles. The average molecular weight is 229 g/mol. The minimum atomic E-state index is -4.67. The van der Waals surface area contributed by atoms with Crippen LogP contribution in [0.4, 0.5) is 0 Å². The fourth-order valence-corrected chi connectivity index (χ4v) is 0.302. The molecule has 84 valence electrons. The van der Waals surface area contributed by atoms with E-state index in [0.29, 0.717) is 0 Å². The summed E-state index contributed by atoms with van der Waals surface area (Å²) in [6.45, 7) is 3.20. The highest BCUT2D eigenvalue weighted by molar-refractivity contribution is 7.79. The largest absolute Gasteiger partial charge is 0.394 e. The van der Waals surface area contributed by atoms with Crippen LogP contribution in [0.15, 0.2) is 12.7 Å². The Morgan fingerprint density at radius 1 is 1.43 bits per heavy atom. The smallest absolute Gasteiger partial charge is 0.365 e. The summed E-state index contributed by atoms with van der Waals surface area (Å²) in [4.78, 5) is 10.1. The van der Waals surface area contributed by atoms with Gasteiger partial charge >= 0.3 is 10.4 Å². The van der Waals surface area contributed by atoms with E-state index in [9.17, 15) is 4.79 Å². The van der Waals surface area contributed by atoms with Crippen molar-refractivity contribution in [3.05, 3.63) is 12.7 Å². The zero-order valence-corrected chi connectivity index (χ0v) is 7.81. The van der Waals surface area contributed by atoms with Crippen LogP contribution in [0, 0.1) is 0 Å². The van der Waals surface area contributed by atoms with E-state index >= 15 is 0 Å². The van der Waals surface area contributed by atoms with Gasteiger partial charge in [0.05, 0.1) is 0 Å². The zero-order chi connectivity index (χ0) is 12.0. The van der Waals surface area contributed by atoms with Gasteiger partial charge in [0, 0.05) is 6.42 Å². The molecule has 0 unspecified atom stereocenters. The van der Waals surface area contributed by atoms with Crippen molar-refractivity contribution in [3.63, 3.8) is 0 Å². The van der Waals surface area contributed by atoms with Crippen molar-refractivity contribution >= 4 is 16.3 Å². The zero-order valence-electron chi connectivity index (χ0n) is 6.99. The number of primary amides is 1. The Bertz CT molecular complexity index is 285. The van der Waals surface area contributed by atoms with Gasteiger partial charge in [-0.3, -0.25) is 13.9 Å². The molecule has 0 aromatic heterocycles. The van der Waals surface area contributed by atoms with Crippen LogP contribution < -0.4 is 5.73 Å². The third-order valence-corrected chi connectivity index (χ3v) is 0.824. The van der Waals surface area contributed by atoms with Gasteiger partial charge in [0.1, 0.15) is 0 Å². The van der Waals surface area contributed by atoms with E-state index < -0.39 is 22.1 Å². The third-order valence-electron chi connectivity index (χ3n) is 0.824. The van der Waals surface area contributed by atoms with Crippen molar-refractivity contribution in [2.24, 2.45) is 5.73 Å². The summed E-state index contributed by atoms with van der Waals surface area (Å²) in [5.74, 6) is -3.59. The second kappa shape index (κ2) is 5.67. The fraction of sp³-hybridized carbons (Fsp3) is 0.400. The Labute approximate surface area is 80.2 Å². The van der Waals surface area contributed by atoms with Crippen molar-refractivity contribution < 1.29 is 32.5 Å². The van der Waals surface area contributed by atoms with Gasteiger partial charge in [-0.2, -0.15) is 8.42 Å². The van der Waals surface area contributed by atoms with Crippen molar-refractivity contribution in [1.82, 2.24) is 0 Å². The maximum atomic E-state index is 10.1. The molecule has 0 rings (SSSR count). The van der Waals surface area contributed by atoms with Crippen LogP contribution in [-0.2, 0) is 15.2 Å². The molecule has 0 aromatic carbocycles. The number of carbonyl (C=O) groups is 1. The molecule has 0 atom stereocenters. The third kappa shape index (κ3) is 13.6. The van der Waals surface area contributed by atoms with E-state index in [-0.39, 0.29) is 6.42 Å². The normalized spacial score (nSPS) is 11.1. The minimum absolute atomic E-state index is 0.248. The lowest BCUT2D eigenvalue weighted by Gasteiger charge is -2.13. The van der Waals surface area contributed by atoms with Crippen LogP contribution in [0.3, 0.4) is 0 Å². The Kier molecular flexibility index (Phi) is 6.27. The molecule has 14 heavy (non-hydrogen) atoms. The Morgan fingerprint density at radius 3 is 1.79 bits per heavy atom. The molecule has 0 saturated carbocycles. The van der Waals surface area contributed by atoms with Gasteiger partial charge in [0.2, 0.25) is 5.79 Å². The summed E-state index contributed by atoms with van der Waals surface area (Å²) < 4.78 is 31.6. The van der Waals surface area contributed by atoms with Crippen LogP contribution in [-0.4, -0.2) is 39.4 Å². The van der Waals surface area contributed by atoms with Crippen LogP contribution in [0.25, 0.3) is 0 Å². The fourth-order valence-electron chi connectivity index (χ4n) is 0.302. The van der Waals surface area contributed by atoms with Crippen LogP contribution >= 0.6 is 0 Å². The molecule has 0 aliphatic carbocycles. The lowest BCUT2D eigenvalue weighted by atomic mass is 10.2. The Hall–Kier alpha value is -1.00. The van der Waals surface area contributed by atoms with Gasteiger partial charge in [0.25, 0.3) is 5.91 Å². The van der Waals surface area contributed by atoms with Crippen molar-refractivity contribution in [1.29, 1.82) is 0 Å². The first-order valence-electron chi connectivity index (χ1n) is 3.06. The highest BCUT2D eigenvalue weighted by Crippen LogP contribution is 2.03. The van der Waals surface area contributed by atoms with Gasteiger partial charge in [-0.15, -0.1) is 6.58 Å². The molecule has 1 amide bonds. The summed E-state index contributed by atoms with van der Waals surface area (Å²) in [6.07, 6.45) is 0.951. The van der Waals surface area contributed by atoms with Gasteiger partial charge in [-0.05, 0) is 0 Å². The molecule has 0 radical (unpaired) electrons. The van der Waals surface area contributed by atoms with Crippen LogP contribution in [0.5, 0.6) is 0 Å². The Morgan fingerprint density at radius 2 is 1.71 bits per heavy atom. The van der Waals surface area contributed by atoms with E-state index in [1.165, 1.54) is 6.08 Å². The maximum Gasteiger partial charge on any atom is 0.394 e. The van der Waals surface area contributed by atoms with Crippen LogP contribution in [0.2, 0.25) is 0 Å². The second-order valence-corrected chi connectivity index (χ2v) is 3.02. The number of nitrogens with two attached hydrogens (primary N) is 1. The van der Waals surface area contributed by atoms with Crippen molar-refractivity contribution in [2.45, 2.75) is 12.2 Å². The number of amides is 1. The van der Waals surface area contributed by atoms with E-state index in [2.05, 4.69) is 12.3 Å². The summed E-state index contributed by atoms with van der Waals surface area (Å²) in [6, 6.07) is 0. The SMILES string of the molecule is C=CCC(O)(O)C(N)=O.O=S(=O)(O)O. The van der Waals surface area contributed by atoms with E-state index in [0.717, 1.165) is 0 Å². The summed E-state index contributed by atoms with van der Waals surface area (Å²) in [5.41, 5.74) is 4.57. The molecule has 0 aromatic rings. The summed E-state index contributed by atoms with van der Waals surface area (Å²) >= 11 is 0. The molecule has 0 aliphatic heterocycles. The molecule has 8 nitrogen and oxygen atoms in total. The predicted octanol–water partition coefficient (Wildman–Crippen LogP) is -1.92. The number of carbonyl (C=O) groups excluding carboxylic acids is 1. The number of hydrogen-bond donors (Lipinski definition) is 5. The average Bonchev–Trinajstić information content (AvgIpc) is 1.82. The van der Waals surface area contributed by atoms with E-state index in [4.69, 9.17) is 27.7 Å². The highest BCUT2D eigenvalue weighted by Gasteiger charge is 2.28. The van der Waals surface area contributed by atoms with Gasteiger partial charge in [-0.1, -0.05) is 6.08 Å². The molecular weight excluding hydrogens is 218 g/mol. The van der Waals surface area contributed by atoms with Crippen molar-refractivity contribution in [2.75, 3.05) is 0 Å². The molecule has 0 aliphatic rings. The lowest BCUT2D eigenvalue weighted by Crippen LogP contribution is -2.43. The van der Waals surface area contributed by atoms with Crippen LogP contribution in [0.1, 0.15) is 6.42 Å². The first-order chi connectivity index (χ1) is 6.00. The molecule has 0 fully saturated rings. The maximum absolute atomic E-state index is 10.1. The number of rotatable bonds is 3. The molecule has 0 spiro atoms.